The molecule has 76 heavy (non-hydrogen) atoms. The van der Waals surface area contributed by atoms with Crippen LogP contribution in [0.2, 0.25) is 0 Å². The Morgan fingerprint density at radius 1 is 0.395 bits per heavy atom. The lowest BCUT2D eigenvalue weighted by Crippen LogP contribution is -2.15. The summed E-state index contributed by atoms with van der Waals surface area (Å²) in [6, 6.07) is 26.7. The molecule has 4 aromatic carbocycles. The zero-order valence-electron chi connectivity index (χ0n) is 47.9. The second-order valence-electron chi connectivity index (χ2n) is 22.8. The standard InChI is InChI=1S/C70H98O6.2H2/c1-5-9-13-15-17-21-51-73-63-41-45-65(46-42-63)75-69(71)67-49-37-59(35-33-57-29-25-55(26-30-57)23-19-11-7-3)53-61(67)39-40-62-54-60(36-34-58-31-27-56(28-32-58)24-20-12-8-4)38-50-68(62)70(72)76-66-47-43-64(44-48-66)74-52-22-18-16-14-10-6-2;;/h37-38,41-50,53-58H,5-36,51-52H2,1-4H3;2*1H. The van der Waals surface area contributed by atoms with Crippen molar-refractivity contribution in [3.8, 4) is 34.8 Å². The normalized spacial score (nSPS) is 17.4. The van der Waals surface area contributed by atoms with E-state index in [1.807, 2.05) is 36.4 Å². The van der Waals surface area contributed by atoms with E-state index in [1.54, 1.807) is 24.3 Å². The quantitative estimate of drug-likeness (QED) is 0.0201. The molecule has 0 amide bonds. The number of hydrogen-bond acceptors (Lipinski definition) is 6. The average Bonchev–Trinajstić information content (AvgIpc) is 3.45. The van der Waals surface area contributed by atoms with Crippen LogP contribution in [0.3, 0.4) is 0 Å². The number of rotatable bonds is 34. The SMILES string of the molecule is CCCCCCCCOc1ccc(OC(=O)c2ccc(CCC3CCC(CCCCC)CC3)cc2C#Cc2cc(CCC3CCC(CCCCC)CC3)ccc2C(=O)Oc2ccc(OCCCCCCCC)cc2)cc1.[HH].[HH]. The highest BCUT2D eigenvalue weighted by Gasteiger charge is 2.23. The lowest BCUT2D eigenvalue weighted by Gasteiger charge is -2.28. The minimum atomic E-state index is -0.467. The van der Waals surface area contributed by atoms with Crippen molar-refractivity contribution < 1.29 is 31.4 Å². The Morgan fingerprint density at radius 3 is 1.08 bits per heavy atom. The summed E-state index contributed by atoms with van der Waals surface area (Å²) in [6.45, 7) is 10.4. The first-order chi connectivity index (χ1) is 37.3. The zero-order chi connectivity index (χ0) is 53.4. The van der Waals surface area contributed by atoms with Gasteiger partial charge in [-0.3, -0.25) is 0 Å². The van der Waals surface area contributed by atoms with Gasteiger partial charge in [-0.05, 0) is 146 Å². The summed E-state index contributed by atoms with van der Waals surface area (Å²) in [5.74, 6) is 11.5. The van der Waals surface area contributed by atoms with E-state index < -0.39 is 11.9 Å². The maximum Gasteiger partial charge on any atom is 0.344 e. The zero-order valence-corrected chi connectivity index (χ0v) is 47.9. The molecule has 2 fully saturated rings. The highest BCUT2D eigenvalue weighted by Crippen LogP contribution is 2.36. The molecule has 4 aromatic rings. The van der Waals surface area contributed by atoms with Crippen molar-refractivity contribution in [2.45, 2.75) is 233 Å². The second-order valence-corrected chi connectivity index (χ2v) is 22.8. The van der Waals surface area contributed by atoms with E-state index >= 15 is 0 Å². The maximum atomic E-state index is 14.2. The van der Waals surface area contributed by atoms with Gasteiger partial charge in [-0.25, -0.2) is 9.59 Å². The van der Waals surface area contributed by atoms with Crippen molar-refractivity contribution in [1.82, 2.24) is 0 Å². The van der Waals surface area contributed by atoms with Crippen molar-refractivity contribution in [3.63, 3.8) is 0 Å². The largest absolute Gasteiger partial charge is 0.494 e. The molecule has 0 unspecified atom stereocenters. The number of esters is 2. The fraction of sp³-hybridized carbons (Fsp3) is 0.600. The molecule has 2 aliphatic carbocycles. The topological polar surface area (TPSA) is 71.1 Å². The van der Waals surface area contributed by atoms with E-state index in [4.69, 9.17) is 18.9 Å². The van der Waals surface area contributed by atoms with Crippen LogP contribution in [0.4, 0.5) is 0 Å². The Balaban J connectivity index is 0.00000656. The van der Waals surface area contributed by atoms with Gasteiger partial charge in [0, 0.05) is 14.0 Å². The Kier molecular flexibility index (Phi) is 28.0. The fourth-order valence-corrected chi connectivity index (χ4v) is 11.6. The van der Waals surface area contributed by atoms with Crippen LogP contribution in [0.5, 0.6) is 23.0 Å². The van der Waals surface area contributed by atoms with Gasteiger partial charge in [0.2, 0.25) is 0 Å². The summed E-state index contributed by atoms with van der Waals surface area (Å²) in [7, 11) is 0. The van der Waals surface area contributed by atoms with Crippen LogP contribution in [-0.4, -0.2) is 25.2 Å². The number of ether oxygens (including phenoxy) is 4. The van der Waals surface area contributed by atoms with Gasteiger partial charge in [-0.1, -0.05) is 219 Å². The van der Waals surface area contributed by atoms with Crippen LogP contribution in [0.15, 0.2) is 84.9 Å². The van der Waals surface area contributed by atoms with E-state index in [0.29, 0.717) is 58.8 Å². The first-order valence-electron chi connectivity index (χ1n) is 31.0. The van der Waals surface area contributed by atoms with Crippen molar-refractivity contribution in [3.05, 3.63) is 118 Å². The minimum absolute atomic E-state index is 0. The van der Waals surface area contributed by atoms with Crippen LogP contribution in [0, 0.1) is 35.5 Å². The van der Waals surface area contributed by atoms with E-state index in [2.05, 4.69) is 63.8 Å². The first kappa shape index (κ1) is 60.2. The predicted octanol–water partition coefficient (Wildman–Crippen LogP) is 20.1. The number of hydrogen-bond donors (Lipinski definition) is 0. The number of carbonyl (C=O) groups excluding carboxylic acids is 2. The maximum absolute atomic E-state index is 14.2. The Morgan fingerprint density at radius 2 is 0.711 bits per heavy atom. The molecule has 6 heteroatoms. The van der Waals surface area contributed by atoms with Crippen LogP contribution < -0.4 is 18.9 Å². The van der Waals surface area contributed by atoms with Gasteiger partial charge < -0.3 is 18.9 Å². The van der Waals surface area contributed by atoms with Crippen LogP contribution in [-0.2, 0) is 12.8 Å². The van der Waals surface area contributed by atoms with Gasteiger partial charge in [0.05, 0.1) is 24.3 Å². The molecule has 0 N–H and O–H groups in total. The monoisotopic (exact) mass is 1040 g/mol. The van der Waals surface area contributed by atoms with Crippen LogP contribution in [0.25, 0.3) is 0 Å². The summed E-state index contributed by atoms with van der Waals surface area (Å²) in [4.78, 5) is 28.4. The smallest absolute Gasteiger partial charge is 0.344 e. The van der Waals surface area contributed by atoms with Gasteiger partial charge in [-0.2, -0.15) is 0 Å². The first-order valence-corrected chi connectivity index (χ1v) is 31.0. The van der Waals surface area contributed by atoms with Crippen LogP contribution in [0.1, 0.15) is 266 Å². The Labute approximate surface area is 464 Å². The lowest BCUT2D eigenvalue weighted by atomic mass is 9.77. The Bertz CT molecular complexity index is 2160. The lowest BCUT2D eigenvalue weighted by molar-refractivity contribution is 0.0724. The van der Waals surface area contributed by atoms with Gasteiger partial charge in [0.25, 0.3) is 0 Å². The number of aryl methyl sites for hydroxylation is 2. The van der Waals surface area contributed by atoms with Gasteiger partial charge >= 0.3 is 11.9 Å². The van der Waals surface area contributed by atoms with E-state index in [0.717, 1.165) is 73.0 Å². The highest BCUT2D eigenvalue weighted by molar-refractivity contribution is 5.95. The third kappa shape index (κ3) is 22.1. The Hall–Kier alpha value is -5.02. The summed E-state index contributed by atoms with van der Waals surface area (Å²) in [5.41, 5.74) is 4.31. The number of benzene rings is 4. The molecule has 0 aromatic heterocycles. The number of unbranched alkanes of at least 4 members (excludes halogenated alkanes) is 14. The molecule has 0 heterocycles. The molecule has 0 spiro atoms. The molecule has 0 saturated heterocycles. The predicted molar refractivity (Wildman–Crippen MR) is 319 cm³/mol. The van der Waals surface area contributed by atoms with Crippen LogP contribution >= 0.6 is 0 Å². The molecule has 6 rings (SSSR count). The van der Waals surface area contributed by atoms with E-state index in [1.165, 1.54) is 167 Å². The van der Waals surface area contributed by atoms with E-state index in [-0.39, 0.29) is 2.85 Å². The summed E-state index contributed by atoms with van der Waals surface area (Å²) < 4.78 is 24.1. The van der Waals surface area contributed by atoms with Gasteiger partial charge in [0.15, 0.2) is 0 Å². The van der Waals surface area contributed by atoms with Crippen molar-refractivity contribution in [1.29, 1.82) is 0 Å². The highest BCUT2D eigenvalue weighted by atomic mass is 16.5. The average molecular weight is 1040 g/mol. The third-order valence-corrected chi connectivity index (χ3v) is 16.6. The summed E-state index contributed by atoms with van der Waals surface area (Å²) >= 11 is 0. The molecular formula is C70H102O6. The molecule has 2 aliphatic rings. The molecule has 0 bridgehead atoms. The van der Waals surface area contributed by atoms with Gasteiger partial charge in [-0.15, -0.1) is 0 Å². The third-order valence-electron chi connectivity index (χ3n) is 16.6. The molecule has 0 radical (unpaired) electrons. The van der Waals surface area contributed by atoms with Crippen molar-refractivity contribution in [2.24, 2.45) is 23.7 Å². The van der Waals surface area contributed by atoms with Gasteiger partial charge in [0.1, 0.15) is 23.0 Å². The number of carbonyl (C=O) groups is 2. The van der Waals surface area contributed by atoms with Crippen molar-refractivity contribution in [2.75, 3.05) is 13.2 Å². The molecular weight excluding hydrogens is 937 g/mol. The minimum Gasteiger partial charge on any atom is -0.494 e. The summed E-state index contributed by atoms with van der Waals surface area (Å²) in [5, 5.41) is 0. The van der Waals surface area contributed by atoms with E-state index in [9.17, 15) is 9.59 Å². The second kappa shape index (κ2) is 35.4. The molecule has 2 saturated carbocycles. The molecule has 6 nitrogen and oxygen atoms in total. The molecule has 0 atom stereocenters. The fourth-order valence-electron chi connectivity index (χ4n) is 11.6. The molecule has 0 aliphatic heterocycles. The molecule has 418 valence electrons. The van der Waals surface area contributed by atoms with Crippen molar-refractivity contribution >= 4 is 11.9 Å². The summed E-state index contributed by atoms with van der Waals surface area (Å²) in [6.07, 6.45) is 39.8.